The Balaban J connectivity index is 1.60. The predicted octanol–water partition coefficient (Wildman–Crippen LogP) is 2.02. The molecule has 2 aliphatic rings. The zero-order chi connectivity index (χ0) is 17.1. The maximum absolute atomic E-state index is 12.7. The molecule has 0 aromatic heterocycles. The number of aryl methyl sites for hydroxylation is 1. The molecular formula is C18H25N3O3. The molecule has 0 spiro atoms. The molecule has 0 radical (unpaired) electrons. The number of hydrogen-bond acceptors (Lipinski definition) is 3. The second-order valence-corrected chi connectivity index (χ2v) is 6.36. The average Bonchev–Trinajstić information content (AvgIpc) is 3.02. The van der Waals surface area contributed by atoms with Crippen LogP contribution in [-0.2, 0) is 0 Å². The SMILES string of the molecule is CCOc1ccc(C(=O)N2CCC(N3CCNC3=O)CC2)cc1C. The quantitative estimate of drug-likeness (QED) is 0.918. The van der Waals surface area contributed by atoms with Crippen molar-refractivity contribution in [3.05, 3.63) is 29.3 Å². The van der Waals surface area contributed by atoms with Crippen molar-refractivity contribution in [1.29, 1.82) is 0 Å². The van der Waals surface area contributed by atoms with Gasteiger partial charge in [0.25, 0.3) is 5.91 Å². The minimum absolute atomic E-state index is 0.0296. The van der Waals surface area contributed by atoms with E-state index < -0.39 is 0 Å². The summed E-state index contributed by atoms with van der Waals surface area (Å²) in [6.07, 6.45) is 1.68. The Kier molecular flexibility index (Phi) is 4.92. The van der Waals surface area contributed by atoms with Crippen LogP contribution in [-0.4, -0.2) is 60.6 Å². The van der Waals surface area contributed by atoms with Gasteiger partial charge in [-0.05, 0) is 50.5 Å². The molecule has 0 saturated carbocycles. The van der Waals surface area contributed by atoms with Gasteiger partial charge in [-0.1, -0.05) is 0 Å². The lowest BCUT2D eigenvalue weighted by atomic mass is 10.0. The van der Waals surface area contributed by atoms with E-state index >= 15 is 0 Å². The molecule has 0 aliphatic carbocycles. The predicted molar refractivity (Wildman–Crippen MR) is 91.4 cm³/mol. The summed E-state index contributed by atoms with van der Waals surface area (Å²) in [5, 5.41) is 2.84. The molecule has 3 amide bonds. The van der Waals surface area contributed by atoms with Crippen molar-refractivity contribution in [3.8, 4) is 5.75 Å². The summed E-state index contributed by atoms with van der Waals surface area (Å²) in [6.45, 7) is 7.41. The Labute approximate surface area is 142 Å². The standard InChI is InChI=1S/C18H25N3O3/c1-3-24-16-5-4-14(12-13(16)2)17(22)20-9-6-15(7-10-20)21-11-8-19-18(21)23/h4-5,12,15H,3,6-11H2,1-2H3,(H,19,23). The van der Waals surface area contributed by atoms with Crippen LogP contribution >= 0.6 is 0 Å². The van der Waals surface area contributed by atoms with E-state index in [0.29, 0.717) is 25.3 Å². The van der Waals surface area contributed by atoms with E-state index in [1.807, 2.05) is 41.8 Å². The van der Waals surface area contributed by atoms with Crippen LogP contribution in [0.4, 0.5) is 4.79 Å². The first kappa shape index (κ1) is 16.6. The van der Waals surface area contributed by atoms with Gasteiger partial charge in [-0.15, -0.1) is 0 Å². The molecule has 2 heterocycles. The highest BCUT2D eigenvalue weighted by molar-refractivity contribution is 5.94. The van der Waals surface area contributed by atoms with E-state index in [4.69, 9.17) is 4.74 Å². The molecule has 2 fully saturated rings. The number of urea groups is 1. The lowest BCUT2D eigenvalue weighted by Gasteiger charge is -2.36. The topological polar surface area (TPSA) is 61.9 Å². The second kappa shape index (κ2) is 7.11. The van der Waals surface area contributed by atoms with E-state index in [0.717, 1.165) is 37.2 Å². The molecule has 3 rings (SSSR count). The fourth-order valence-corrected chi connectivity index (χ4v) is 3.50. The number of carbonyl (C=O) groups excluding carboxylic acids is 2. The third-order valence-corrected chi connectivity index (χ3v) is 4.80. The summed E-state index contributed by atoms with van der Waals surface area (Å²) in [7, 11) is 0. The summed E-state index contributed by atoms with van der Waals surface area (Å²) in [5.41, 5.74) is 1.68. The van der Waals surface area contributed by atoms with Crippen molar-refractivity contribution in [1.82, 2.24) is 15.1 Å². The van der Waals surface area contributed by atoms with E-state index in [9.17, 15) is 9.59 Å². The van der Waals surface area contributed by atoms with Gasteiger partial charge in [0.05, 0.1) is 6.61 Å². The van der Waals surface area contributed by atoms with Gasteiger partial charge in [-0.2, -0.15) is 0 Å². The fraction of sp³-hybridized carbons (Fsp3) is 0.556. The van der Waals surface area contributed by atoms with E-state index in [-0.39, 0.29) is 18.0 Å². The van der Waals surface area contributed by atoms with Crippen molar-refractivity contribution < 1.29 is 14.3 Å². The maximum atomic E-state index is 12.7. The summed E-state index contributed by atoms with van der Waals surface area (Å²) in [5.74, 6) is 0.887. The van der Waals surface area contributed by atoms with Crippen LogP contribution < -0.4 is 10.1 Å². The number of nitrogens with one attached hydrogen (secondary N) is 1. The normalized spacial score (nSPS) is 18.7. The molecular weight excluding hydrogens is 306 g/mol. The molecule has 0 bridgehead atoms. The highest BCUT2D eigenvalue weighted by Crippen LogP contribution is 2.23. The minimum Gasteiger partial charge on any atom is -0.494 e. The first-order valence-electron chi connectivity index (χ1n) is 8.67. The van der Waals surface area contributed by atoms with E-state index in [1.165, 1.54) is 0 Å². The Morgan fingerprint density at radius 2 is 2.04 bits per heavy atom. The second-order valence-electron chi connectivity index (χ2n) is 6.36. The molecule has 6 heteroatoms. The van der Waals surface area contributed by atoms with Crippen LogP contribution in [0, 0.1) is 6.92 Å². The van der Waals surface area contributed by atoms with Crippen molar-refractivity contribution in [2.45, 2.75) is 32.7 Å². The van der Waals surface area contributed by atoms with Crippen LogP contribution in [0.3, 0.4) is 0 Å². The Bertz CT molecular complexity index is 624. The number of amides is 3. The van der Waals surface area contributed by atoms with E-state index in [1.54, 1.807) is 0 Å². The van der Waals surface area contributed by atoms with Crippen molar-refractivity contribution >= 4 is 11.9 Å². The third-order valence-electron chi connectivity index (χ3n) is 4.80. The fourth-order valence-electron chi connectivity index (χ4n) is 3.50. The Hall–Kier alpha value is -2.24. The van der Waals surface area contributed by atoms with Crippen molar-refractivity contribution in [3.63, 3.8) is 0 Å². The van der Waals surface area contributed by atoms with Gasteiger partial charge in [0.15, 0.2) is 0 Å². The molecule has 0 atom stereocenters. The van der Waals surface area contributed by atoms with Gasteiger partial charge in [0.1, 0.15) is 5.75 Å². The van der Waals surface area contributed by atoms with Gasteiger partial charge in [-0.25, -0.2) is 4.79 Å². The van der Waals surface area contributed by atoms with Crippen molar-refractivity contribution in [2.75, 3.05) is 32.8 Å². The van der Waals surface area contributed by atoms with Crippen LogP contribution in [0.2, 0.25) is 0 Å². The third kappa shape index (κ3) is 3.32. The molecule has 2 saturated heterocycles. The highest BCUT2D eigenvalue weighted by Gasteiger charge is 2.32. The number of carbonyl (C=O) groups is 2. The maximum Gasteiger partial charge on any atom is 0.317 e. The number of likely N-dealkylation sites (tertiary alicyclic amines) is 1. The van der Waals surface area contributed by atoms with Gasteiger partial charge >= 0.3 is 6.03 Å². The van der Waals surface area contributed by atoms with Crippen LogP contribution in [0.15, 0.2) is 18.2 Å². The molecule has 1 aromatic carbocycles. The summed E-state index contributed by atoms with van der Waals surface area (Å²) in [4.78, 5) is 28.3. The largest absolute Gasteiger partial charge is 0.494 e. The highest BCUT2D eigenvalue weighted by atomic mass is 16.5. The van der Waals surface area contributed by atoms with Crippen LogP contribution in [0.5, 0.6) is 5.75 Å². The van der Waals surface area contributed by atoms with E-state index in [2.05, 4.69) is 5.32 Å². The summed E-state index contributed by atoms with van der Waals surface area (Å²) >= 11 is 0. The van der Waals surface area contributed by atoms with Crippen LogP contribution in [0.25, 0.3) is 0 Å². The molecule has 130 valence electrons. The Morgan fingerprint density at radius 1 is 1.29 bits per heavy atom. The molecule has 2 aliphatic heterocycles. The number of piperidine rings is 1. The monoisotopic (exact) mass is 331 g/mol. The lowest BCUT2D eigenvalue weighted by molar-refractivity contribution is 0.0666. The number of rotatable bonds is 4. The first-order chi connectivity index (χ1) is 11.6. The number of ether oxygens (including phenoxy) is 1. The van der Waals surface area contributed by atoms with Gasteiger partial charge in [0.2, 0.25) is 0 Å². The molecule has 0 unspecified atom stereocenters. The molecule has 1 N–H and O–H groups in total. The zero-order valence-electron chi connectivity index (χ0n) is 14.4. The summed E-state index contributed by atoms with van der Waals surface area (Å²) < 4.78 is 5.53. The molecule has 6 nitrogen and oxygen atoms in total. The molecule has 24 heavy (non-hydrogen) atoms. The van der Waals surface area contributed by atoms with Crippen molar-refractivity contribution in [2.24, 2.45) is 0 Å². The number of nitrogens with zero attached hydrogens (tertiary/aromatic N) is 2. The van der Waals surface area contributed by atoms with Gasteiger partial charge < -0.3 is 19.9 Å². The summed E-state index contributed by atoms with van der Waals surface area (Å²) in [6, 6.07) is 5.88. The average molecular weight is 331 g/mol. The zero-order valence-corrected chi connectivity index (χ0v) is 14.4. The van der Waals surface area contributed by atoms with Gasteiger partial charge in [0, 0.05) is 37.8 Å². The smallest absolute Gasteiger partial charge is 0.317 e. The Morgan fingerprint density at radius 3 is 2.62 bits per heavy atom. The first-order valence-corrected chi connectivity index (χ1v) is 8.67. The number of benzene rings is 1. The lowest BCUT2D eigenvalue weighted by Crippen LogP contribution is -2.47. The minimum atomic E-state index is 0.0296. The van der Waals surface area contributed by atoms with Gasteiger partial charge in [-0.3, -0.25) is 4.79 Å². The molecule has 1 aromatic rings. The van der Waals surface area contributed by atoms with Crippen LogP contribution in [0.1, 0.15) is 35.7 Å². The number of hydrogen-bond donors (Lipinski definition) is 1.